The number of aromatic nitrogens is 1. The molecule has 1 saturated heterocycles. The van der Waals surface area contributed by atoms with Crippen molar-refractivity contribution in [1.82, 2.24) is 14.8 Å². The number of anilines is 1. The quantitative estimate of drug-likeness (QED) is 0.400. The molecule has 1 N–H and O–H groups in total. The highest BCUT2D eigenvalue weighted by Gasteiger charge is 2.27. The first kappa shape index (κ1) is 26.2. The molecule has 0 aliphatic carbocycles. The van der Waals surface area contributed by atoms with E-state index in [-0.39, 0.29) is 36.1 Å². The number of carbonyl (C=O) groups is 2. The van der Waals surface area contributed by atoms with E-state index in [2.05, 4.69) is 9.71 Å². The molecular formula is C28H24F2N4O4S. The number of rotatable bonds is 5. The standard InChI is InChI=1S/C28H24F2N4O4S/c29-22-7-2-8-23(30)25(22)28(36)34-16-4-15-33(17-18-34)27(35)20-10-12-21(13-11-20)32-39(37,38)24-9-1-5-19-6-3-14-31-26(19)24/h1-3,5-14,32H,4,15-18H2. The van der Waals surface area contributed by atoms with Crippen LogP contribution in [0.15, 0.2) is 83.9 Å². The number of hydrogen-bond donors (Lipinski definition) is 1. The molecule has 1 aromatic heterocycles. The number of nitrogens with zero attached hydrogens (tertiary/aromatic N) is 3. The zero-order chi connectivity index (χ0) is 27.6. The van der Waals surface area contributed by atoms with Crippen molar-refractivity contribution < 1.29 is 26.8 Å². The van der Waals surface area contributed by atoms with Gasteiger partial charge in [0.25, 0.3) is 21.8 Å². The molecule has 39 heavy (non-hydrogen) atoms. The number of para-hydroxylation sites is 1. The number of carbonyl (C=O) groups excluding carboxylic acids is 2. The molecule has 1 aliphatic rings. The molecule has 5 rings (SSSR count). The van der Waals surface area contributed by atoms with Crippen molar-refractivity contribution in [3.63, 3.8) is 0 Å². The second-order valence-electron chi connectivity index (χ2n) is 9.05. The maximum absolute atomic E-state index is 14.1. The van der Waals surface area contributed by atoms with Crippen LogP contribution in [0.25, 0.3) is 10.9 Å². The first-order valence-electron chi connectivity index (χ1n) is 12.2. The Morgan fingerprint density at radius 1 is 0.769 bits per heavy atom. The number of amides is 2. The van der Waals surface area contributed by atoms with Gasteiger partial charge < -0.3 is 9.80 Å². The van der Waals surface area contributed by atoms with Gasteiger partial charge in [0.05, 0.1) is 5.52 Å². The van der Waals surface area contributed by atoms with Gasteiger partial charge >= 0.3 is 0 Å². The summed E-state index contributed by atoms with van der Waals surface area (Å²) >= 11 is 0. The summed E-state index contributed by atoms with van der Waals surface area (Å²) < 4.78 is 56.8. The van der Waals surface area contributed by atoms with E-state index in [4.69, 9.17) is 0 Å². The van der Waals surface area contributed by atoms with Gasteiger partial charge in [-0.05, 0) is 55.0 Å². The summed E-state index contributed by atoms with van der Waals surface area (Å²) in [4.78, 5) is 33.0. The topological polar surface area (TPSA) is 99.7 Å². The van der Waals surface area contributed by atoms with Crippen molar-refractivity contribution in [2.45, 2.75) is 11.3 Å². The Labute approximate surface area is 223 Å². The number of sulfonamides is 1. The second-order valence-corrected chi connectivity index (χ2v) is 10.7. The first-order valence-corrected chi connectivity index (χ1v) is 13.7. The normalized spacial score (nSPS) is 14.2. The summed E-state index contributed by atoms with van der Waals surface area (Å²) in [7, 11) is -3.94. The Morgan fingerprint density at radius 2 is 1.38 bits per heavy atom. The summed E-state index contributed by atoms with van der Waals surface area (Å²) in [6.45, 7) is 0.906. The van der Waals surface area contributed by atoms with Crippen LogP contribution in [-0.2, 0) is 10.0 Å². The second kappa shape index (κ2) is 10.8. The lowest BCUT2D eigenvalue weighted by molar-refractivity contribution is 0.0713. The average Bonchev–Trinajstić information content (AvgIpc) is 3.19. The van der Waals surface area contributed by atoms with Crippen molar-refractivity contribution in [2.75, 3.05) is 30.9 Å². The van der Waals surface area contributed by atoms with E-state index in [1.54, 1.807) is 29.2 Å². The highest BCUT2D eigenvalue weighted by atomic mass is 32.2. The van der Waals surface area contributed by atoms with Crippen LogP contribution in [0.3, 0.4) is 0 Å². The average molecular weight is 551 g/mol. The molecule has 2 heterocycles. The summed E-state index contributed by atoms with van der Waals surface area (Å²) in [5.74, 6) is -2.90. The monoisotopic (exact) mass is 550 g/mol. The van der Waals surface area contributed by atoms with E-state index in [0.29, 0.717) is 29.4 Å². The van der Waals surface area contributed by atoms with Crippen LogP contribution in [0.2, 0.25) is 0 Å². The molecule has 8 nitrogen and oxygen atoms in total. The minimum absolute atomic E-state index is 0.0414. The number of benzene rings is 3. The Kier molecular flexibility index (Phi) is 7.25. The molecule has 0 atom stereocenters. The van der Waals surface area contributed by atoms with Gasteiger partial charge in [0, 0.05) is 49.0 Å². The van der Waals surface area contributed by atoms with Gasteiger partial charge in [0.2, 0.25) is 0 Å². The summed E-state index contributed by atoms with van der Waals surface area (Å²) in [6.07, 6.45) is 1.96. The smallest absolute Gasteiger partial charge is 0.264 e. The molecule has 0 radical (unpaired) electrons. The van der Waals surface area contributed by atoms with Crippen LogP contribution >= 0.6 is 0 Å². The fourth-order valence-electron chi connectivity index (χ4n) is 4.55. The van der Waals surface area contributed by atoms with E-state index in [1.165, 1.54) is 47.5 Å². The van der Waals surface area contributed by atoms with E-state index >= 15 is 0 Å². The van der Waals surface area contributed by atoms with Crippen LogP contribution < -0.4 is 4.72 Å². The predicted octanol–water partition coefficient (Wildman–Crippen LogP) is 4.30. The zero-order valence-electron chi connectivity index (χ0n) is 20.7. The number of pyridine rings is 1. The van der Waals surface area contributed by atoms with Crippen molar-refractivity contribution in [3.05, 3.63) is 102 Å². The lowest BCUT2D eigenvalue weighted by atomic mass is 10.1. The predicted molar refractivity (Wildman–Crippen MR) is 142 cm³/mol. The molecule has 3 aromatic carbocycles. The third-order valence-electron chi connectivity index (χ3n) is 6.52. The highest BCUT2D eigenvalue weighted by Crippen LogP contribution is 2.24. The van der Waals surface area contributed by atoms with Crippen molar-refractivity contribution in [1.29, 1.82) is 0 Å². The van der Waals surface area contributed by atoms with E-state index in [9.17, 15) is 26.8 Å². The SMILES string of the molecule is O=C(c1ccc(NS(=O)(=O)c2cccc3cccnc23)cc1)N1CCCN(C(=O)c2c(F)cccc2F)CC1. The number of nitrogens with one attached hydrogen (secondary N) is 1. The van der Waals surface area contributed by atoms with E-state index < -0.39 is 33.1 Å². The molecule has 11 heteroatoms. The largest absolute Gasteiger partial charge is 0.337 e. The molecule has 0 unspecified atom stereocenters. The fourth-order valence-corrected chi connectivity index (χ4v) is 5.79. The van der Waals surface area contributed by atoms with Gasteiger partial charge in [-0.25, -0.2) is 17.2 Å². The van der Waals surface area contributed by atoms with Crippen LogP contribution in [0.1, 0.15) is 27.1 Å². The Hall–Kier alpha value is -4.38. The molecule has 200 valence electrons. The lowest BCUT2D eigenvalue weighted by Crippen LogP contribution is -2.38. The van der Waals surface area contributed by atoms with E-state index in [0.717, 1.165) is 12.1 Å². The maximum Gasteiger partial charge on any atom is 0.264 e. The summed E-state index contributed by atoms with van der Waals surface area (Å²) in [5, 5.41) is 0.693. The molecule has 1 fully saturated rings. The fraction of sp³-hybridized carbons (Fsp3) is 0.179. The minimum Gasteiger partial charge on any atom is -0.337 e. The van der Waals surface area contributed by atoms with Gasteiger partial charge in [-0.1, -0.05) is 24.3 Å². The molecule has 4 aromatic rings. The maximum atomic E-state index is 14.1. The molecule has 0 saturated carbocycles. The summed E-state index contributed by atoms with van der Waals surface area (Å²) in [6, 6.07) is 17.7. The van der Waals surface area contributed by atoms with Crippen LogP contribution in [0.5, 0.6) is 0 Å². The Balaban J connectivity index is 1.26. The molecule has 1 aliphatic heterocycles. The van der Waals surface area contributed by atoms with Crippen LogP contribution in [0, 0.1) is 11.6 Å². The van der Waals surface area contributed by atoms with Crippen LogP contribution in [-0.4, -0.2) is 61.2 Å². The zero-order valence-corrected chi connectivity index (χ0v) is 21.5. The van der Waals surface area contributed by atoms with Gasteiger partial charge in [0.15, 0.2) is 0 Å². The van der Waals surface area contributed by atoms with Gasteiger partial charge in [0.1, 0.15) is 22.1 Å². The van der Waals surface area contributed by atoms with Crippen molar-refractivity contribution in [3.8, 4) is 0 Å². The third kappa shape index (κ3) is 5.44. The number of hydrogen-bond acceptors (Lipinski definition) is 5. The number of fused-ring (bicyclic) bond motifs is 1. The van der Waals surface area contributed by atoms with Crippen molar-refractivity contribution in [2.24, 2.45) is 0 Å². The van der Waals surface area contributed by atoms with Crippen LogP contribution in [0.4, 0.5) is 14.5 Å². The van der Waals surface area contributed by atoms with Gasteiger partial charge in [-0.2, -0.15) is 0 Å². The highest BCUT2D eigenvalue weighted by molar-refractivity contribution is 7.93. The molecule has 2 amide bonds. The molecule has 0 spiro atoms. The lowest BCUT2D eigenvalue weighted by Gasteiger charge is -2.22. The molecule has 0 bridgehead atoms. The molecular weight excluding hydrogens is 526 g/mol. The Bertz CT molecular complexity index is 1640. The number of halogens is 2. The Morgan fingerprint density at radius 3 is 2.08 bits per heavy atom. The minimum atomic E-state index is -3.94. The first-order chi connectivity index (χ1) is 18.7. The van der Waals surface area contributed by atoms with Crippen molar-refractivity contribution >= 4 is 38.4 Å². The summed E-state index contributed by atoms with van der Waals surface area (Å²) in [5.41, 5.74) is 0.365. The van der Waals surface area contributed by atoms with E-state index in [1.807, 2.05) is 0 Å². The van der Waals surface area contributed by atoms with Gasteiger partial charge in [-0.3, -0.25) is 19.3 Å². The van der Waals surface area contributed by atoms with Gasteiger partial charge in [-0.15, -0.1) is 0 Å². The third-order valence-corrected chi connectivity index (χ3v) is 7.93.